The molecule has 0 radical (unpaired) electrons. The lowest BCUT2D eigenvalue weighted by Crippen LogP contribution is -1.97. The lowest BCUT2D eigenvalue weighted by atomic mass is 10.1. The van der Waals surface area contributed by atoms with Gasteiger partial charge < -0.3 is 4.74 Å². The van der Waals surface area contributed by atoms with Crippen molar-refractivity contribution in [3.05, 3.63) is 63.2 Å². The minimum atomic E-state index is -1.16. The molecule has 0 bridgehead atoms. The maximum Gasteiger partial charge on any atom is 0.275 e. The third-order valence-corrected chi connectivity index (χ3v) is 3.41. The summed E-state index contributed by atoms with van der Waals surface area (Å²) in [7, 11) is 0. The minimum absolute atomic E-state index is 0.0225. The molecule has 2 aromatic carbocycles. The van der Waals surface area contributed by atoms with Crippen molar-refractivity contribution in [1.82, 2.24) is 0 Å². The number of hydrogen-bond acceptors (Lipinski definition) is 4. The van der Waals surface area contributed by atoms with E-state index in [1.807, 2.05) is 0 Å². The number of nitrogens with zero attached hydrogens (tertiary/aromatic N) is 1. The fourth-order valence-corrected chi connectivity index (χ4v) is 2.36. The van der Waals surface area contributed by atoms with Crippen LogP contribution in [0.15, 0.2) is 30.3 Å². The lowest BCUT2D eigenvalue weighted by Gasteiger charge is -2.09. The third-order valence-electron chi connectivity index (χ3n) is 3.41. The van der Waals surface area contributed by atoms with Crippen LogP contribution in [-0.2, 0) is 6.42 Å². The van der Waals surface area contributed by atoms with Crippen molar-refractivity contribution in [2.45, 2.75) is 12.8 Å². The van der Waals surface area contributed by atoms with Crippen LogP contribution in [0.25, 0.3) is 0 Å². The number of aryl methyl sites for hydroxylation is 1. The van der Waals surface area contributed by atoms with Gasteiger partial charge in [0.1, 0.15) is 5.75 Å². The van der Waals surface area contributed by atoms with Crippen molar-refractivity contribution in [3.63, 3.8) is 0 Å². The zero-order valence-corrected chi connectivity index (χ0v) is 11.1. The molecule has 1 aliphatic rings. The largest absolute Gasteiger partial charge is 0.451 e. The number of benzene rings is 2. The van der Waals surface area contributed by atoms with E-state index in [0.717, 1.165) is 5.56 Å². The van der Waals surface area contributed by atoms with E-state index >= 15 is 0 Å². The van der Waals surface area contributed by atoms with Gasteiger partial charge in [-0.25, -0.2) is 8.78 Å². The van der Waals surface area contributed by atoms with E-state index in [2.05, 4.69) is 0 Å². The van der Waals surface area contributed by atoms with E-state index < -0.39 is 28.0 Å². The molecule has 0 fully saturated rings. The van der Waals surface area contributed by atoms with E-state index in [1.165, 1.54) is 6.07 Å². The normalized spacial score (nSPS) is 13.1. The number of non-ortho nitro benzene ring substituents is 1. The van der Waals surface area contributed by atoms with E-state index in [0.29, 0.717) is 30.5 Å². The quantitative estimate of drug-likeness (QED) is 0.639. The second-order valence-corrected chi connectivity index (χ2v) is 4.84. The van der Waals surface area contributed by atoms with Gasteiger partial charge in [0.05, 0.1) is 17.1 Å². The first-order valence-corrected chi connectivity index (χ1v) is 6.43. The van der Waals surface area contributed by atoms with Gasteiger partial charge in [-0.15, -0.1) is 0 Å². The number of ketones is 1. The first-order chi connectivity index (χ1) is 10.5. The molecule has 0 aliphatic heterocycles. The summed E-state index contributed by atoms with van der Waals surface area (Å²) < 4.78 is 32.7. The summed E-state index contributed by atoms with van der Waals surface area (Å²) in [5, 5.41) is 10.5. The number of Topliss-reactive ketones (excluding diaryl/α,β-unsaturated/α-hetero) is 1. The van der Waals surface area contributed by atoms with Gasteiger partial charge in [0.15, 0.2) is 23.2 Å². The van der Waals surface area contributed by atoms with Gasteiger partial charge in [-0.1, -0.05) is 0 Å². The van der Waals surface area contributed by atoms with Crippen LogP contribution >= 0.6 is 0 Å². The van der Waals surface area contributed by atoms with Gasteiger partial charge in [0.25, 0.3) is 5.69 Å². The van der Waals surface area contributed by atoms with Crippen molar-refractivity contribution in [2.75, 3.05) is 0 Å². The van der Waals surface area contributed by atoms with Crippen molar-refractivity contribution >= 4 is 11.5 Å². The second kappa shape index (κ2) is 5.18. The summed E-state index contributed by atoms with van der Waals surface area (Å²) in [6, 6.07) is 5.70. The van der Waals surface area contributed by atoms with Crippen molar-refractivity contribution in [3.8, 4) is 11.5 Å². The predicted octanol–water partition coefficient (Wildman–Crippen LogP) is 3.79. The summed E-state index contributed by atoms with van der Waals surface area (Å²) in [4.78, 5) is 21.2. The summed E-state index contributed by atoms with van der Waals surface area (Å²) in [6.45, 7) is 0. The maximum absolute atomic E-state index is 13.8. The van der Waals surface area contributed by atoms with Gasteiger partial charge in [-0.2, -0.15) is 0 Å². The van der Waals surface area contributed by atoms with Gasteiger partial charge in [-0.05, 0) is 30.2 Å². The average Bonchev–Trinajstić information content (AvgIpc) is 2.83. The zero-order chi connectivity index (χ0) is 15.9. The smallest absolute Gasteiger partial charge is 0.275 e. The number of rotatable bonds is 3. The summed E-state index contributed by atoms with van der Waals surface area (Å²) in [5.74, 6) is -2.85. The number of carbonyl (C=O) groups excluding carboxylic acids is 1. The molecular formula is C15H9F2NO4. The van der Waals surface area contributed by atoms with E-state index in [1.54, 1.807) is 12.1 Å². The number of carbonyl (C=O) groups is 1. The molecule has 0 heterocycles. The zero-order valence-electron chi connectivity index (χ0n) is 11.1. The summed E-state index contributed by atoms with van der Waals surface area (Å²) in [6.07, 6.45) is 0.954. The highest BCUT2D eigenvalue weighted by Crippen LogP contribution is 2.33. The van der Waals surface area contributed by atoms with Crippen LogP contribution in [-0.4, -0.2) is 10.7 Å². The second-order valence-electron chi connectivity index (χ2n) is 4.84. The summed E-state index contributed by atoms with van der Waals surface area (Å²) in [5.41, 5.74) is 0.643. The lowest BCUT2D eigenvalue weighted by molar-refractivity contribution is -0.385. The highest BCUT2D eigenvalue weighted by molar-refractivity contribution is 6.00. The molecule has 0 N–H and O–H groups in total. The van der Waals surface area contributed by atoms with Crippen LogP contribution in [0.5, 0.6) is 11.5 Å². The molecule has 1 aliphatic carbocycles. The Morgan fingerprint density at radius 1 is 1.09 bits per heavy atom. The van der Waals surface area contributed by atoms with Crippen LogP contribution in [0.2, 0.25) is 0 Å². The molecule has 0 saturated heterocycles. The number of nitro benzene ring substituents is 1. The molecule has 0 spiro atoms. The minimum Gasteiger partial charge on any atom is -0.451 e. The number of hydrogen-bond donors (Lipinski definition) is 0. The fourth-order valence-electron chi connectivity index (χ4n) is 2.36. The highest BCUT2D eigenvalue weighted by Gasteiger charge is 2.22. The molecule has 0 amide bonds. The molecule has 0 unspecified atom stereocenters. The van der Waals surface area contributed by atoms with Crippen LogP contribution in [0.1, 0.15) is 22.3 Å². The van der Waals surface area contributed by atoms with Crippen molar-refractivity contribution in [1.29, 1.82) is 0 Å². The Morgan fingerprint density at radius 3 is 2.41 bits per heavy atom. The van der Waals surface area contributed by atoms with Gasteiger partial charge >= 0.3 is 0 Å². The van der Waals surface area contributed by atoms with Gasteiger partial charge in [0, 0.05) is 12.0 Å². The average molecular weight is 305 g/mol. The van der Waals surface area contributed by atoms with E-state index in [-0.39, 0.29) is 11.5 Å². The number of fused-ring (bicyclic) bond motifs is 1. The molecule has 0 saturated carbocycles. The molecule has 7 heteroatoms. The van der Waals surface area contributed by atoms with E-state index in [4.69, 9.17) is 4.74 Å². The molecule has 2 aromatic rings. The van der Waals surface area contributed by atoms with Crippen LogP contribution in [0.4, 0.5) is 14.5 Å². The Morgan fingerprint density at radius 2 is 1.77 bits per heavy atom. The Labute approximate surface area is 123 Å². The standard InChI is InChI=1S/C15H9F2NO4/c16-12-6-9(18(20)21)7-13(17)15(12)22-10-2-3-11-8(5-10)1-4-14(11)19/h2-3,5-7H,1,4H2. The molecule has 3 rings (SSSR count). The number of nitro groups is 1. The Balaban J connectivity index is 1.94. The topological polar surface area (TPSA) is 69.4 Å². The third kappa shape index (κ3) is 2.41. The Kier molecular flexibility index (Phi) is 3.32. The molecule has 22 heavy (non-hydrogen) atoms. The van der Waals surface area contributed by atoms with Crippen LogP contribution in [0, 0.1) is 21.7 Å². The monoisotopic (exact) mass is 305 g/mol. The molecule has 112 valence electrons. The first kappa shape index (κ1) is 14.1. The van der Waals surface area contributed by atoms with Crippen LogP contribution in [0.3, 0.4) is 0 Å². The molecular weight excluding hydrogens is 296 g/mol. The maximum atomic E-state index is 13.8. The van der Waals surface area contributed by atoms with Crippen molar-refractivity contribution < 1.29 is 23.2 Å². The molecule has 0 atom stereocenters. The Hall–Kier alpha value is -2.83. The Bertz CT molecular complexity index is 781. The SMILES string of the molecule is O=C1CCc2cc(Oc3c(F)cc([N+](=O)[O-])cc3F)ccc21. The molecule has 5 nitrogen and oxygen atoms in total. The molecule has 0 aromatic heterocycles. The summed E-state index contributed by atoms with van der Waals surface area (Å²) >= 11 is 0. The van der Waals surface area contributed by atoms with Crippen molar-refractivity contribution in [2.24, 2.45) is 0 Å². The van der Waals surface area contributed by atoms with Gasteiger partial charge in [-0.3, -0.25) is 14.9 Å². The van der Waals surface area contributed by atoms with Gasteiger partial charge in [0.2, 0.25) is 0 Å². The first-order valence-electron chi connectivity index (χ1n) is 6.43. The fraction of sp³-hybridized carbons (Fsp3) is 0.133. The number of ether oxygens (including phenoxy) is 1. The number of halogens is 2. The van der Waals surface area contributed by atoms with E-state index in [9.17, 15) is 23.7 Å². The predicted molar refractivity (Wildman–Crippen MR) is 72.2 cm³/mol. The van der Waals surface area contributed by atoms with Crippen LogP contribution < -0.4 is 4.74 Å². The highest BCUT2D eigenvalue weighted by atomic mass is 19.1.